The molecular weight excluding hydrogens is 106 g/mol. The molecule has 0 aromatic heterocycles. The first kappa shape index (κ1) is 4.93. The number of hydrogen-bond acceptors (Lipinski definition) is 2. The maximum atomic E-state index is 11.6. The fraction of sp³-hybridized carbons (Fsp3) is 1.00. The third-order valence-corrected chi connectivity index (χ3v) is 0.613. The summed E-state index contributed by atoms with van der Waals surface area (Å²) in [4.78, 5) is 0. The monoisotopic (exact) mass is 110 g/mol. The maximum Gasteiger partial charge on any atom is 0.312 e. The minimum atomic E-state index is -1.85. The summed E-state index contributed by atoms with van der Waals surface area (Å²) in [5, 5.41) is 0. The van der Waals surface area contributed by atoms with Crippen LogP contribution in [0.25, 0.3) is 0 Å². The smallest absolute Gasteiger partial charge is 0.312 e. The number of hydrogen-bond donors (Lipinski definition) is 0. The van der Waals surface area contributed by atoms with Crippen LogP contribution >= 0.6 is 0 Å². The highest BCUT2D eigenvalue weighted by molar-refractivity contribution is 4.43. The molecule has 2 unspecified atom stereocenters. The molecular formula is C3H4F2O2. The first-order valence-corrected chi connectivity index (χ1v) is 1.84. The Morgan fingerprint density at radius 2 is 2.14 bits per heavy atom. The van der Waals surface area contributed by atoms with Crippen molar-refractivity contribution in [3.63, 3.8) is 0 Å². The molecule has 0 aliphatic carbocycles. The average molecular weight is 110 g/mol. The van der Waals surface area contributed by atoms with Crippen molar-refractivity contribution in [3.8, 4) is 0 Å². The van der Waals surface area contributed by atoms with E-state index in [4.69, 9.17) is 0 Å². The highest BCUT2D eigenvalue weighted by Crippen LogP contribution is 2.11. The van der Waals surface area contributed by atoms with Crippen LogP contribution < -0.4 is 0 Å². The SMILES string of the molecule is FC1COC(F)O1. The highest BCUT2D eigenvalue weighted by Gasteiger charge is 2.23. The predicted molar refractivity (Wildman–Crippen MR) is 16.8 cm³/mol. The van der Waals surface area contributed by atoms with Crippen LogP contribution in [0.5, 0.6) is 0 Å². The lowest BCUT2D eigenvalue weighted by molar-refractivity contribution is -0.165. The summed E-state index contributed by atoms with van der Waals surface area (Å²) in [5.74, 6) is 0. The molecule has 1 heterocycles. The van der Waals surface area contributed by atoms with Crippen LogP contribution in [0, 0.1) is 0 Å². The molecule has 2 atom stereocenters. The van der Waals surface area contributed by atoms with E-state index in [1.54, 1.807) is 0 Å². The van der Waals surface area contributed by atoms with Gasteiger partial charge >= 0.3 is 6.54 Å². The third kappa shape index (κ3) is 1.07. The number of alkyl halides is 2. The molecule has 1 saturated heterocycles. The first-order valence-electron chi connectivity index (χ1n) is 1.84. The van der Waals surface area contributed by atoms with Gasteiger partial charge in [-0.2, -0.15) is 4.39 Å². The van der Waals surface area contributed by atoms with Crippen molar-refractivity contribution >= 4 is 0 Å². The van der Waals surface area contributed by atoms with Crippen molar-refractivity contribution in [2.24, 2.45) is 0 Å². The summed E-state index contributed by atoms with van der Waals surface area (Å²) in [7, 11) is 0. The van der Waals surface area contributed by atoms with Crippen molar-refractivity contribution in [2.75, 3.05) is 6.61 Å². The Morgan fingerprint density at radius 3 is 2.29 bits per heavy atom. The lowest BCUT2D eigenvalue weighted by Crippen LogP contribution is -2.00. The molecule has 42 valence electrons. The molecule has 0 amide bonds. The second-order valence-corrected chi connectivity index (χ2v) is 1.15. The zero-order chi connectivity index (χ0) is 5.28. The molecule has 1 aliphatic rings. The summed E-state index contributed by atoms with van der Waals surface area (Å²) >= 11 is 0. The van der Waals surface area contributed by atoms with Gasteiger partial charge in [-0.25, -0.2) is 4.39 Å². The summed E-state index contributed by atoms with van der Waals surface area (Å²) in [6, 6.07) is 0. The second kappa shape index (κ2) is 1.71. The van der Waals surface area contributed by atoms with Gasteiger partial charge in [0.15, 0.2) is 0 Å². The molecule has 2 nitrogen and oxygen atoms in total. The molecule has 1 fully saturated rings. The maximum absolute atomic E-state index is 11.6. The van der Waals surface area contributed by atoms with Gasteiger partial charge in [-0.1, -0.05) is 0 Å². The summed E-state index contributed by atoms with van der Waals surface area (Å²) in [6.07, 6.45) is -1.57. The molecule has 0 saturated carbocycles. The second-order valence-electron chi connectivity index (χ2n) is 1.15. The topological polar surface area (TPSA) is 18.5 Å². The minimum Gasteiger partial charge on any atom is -0.321 e. The Bertz CT molecular complexity index is 60.0. The zero-order valence-corrected chi connectivity index (χ0v) is 3.43. The van der Waals surface area contributed by atoms with Gasteiger partial charge in [0, 0.05) is 0 Å². The van der Waals surface area contributed by atoms with Crippen LogP contribution in [-0.2, 0) is 9.47 Å². The van der Waals surface area contributed by atoms with Gasteiger partial charge in [-0.05, 0) is 0 Å². The molecule has 0 spiro atoms. The molecule has 7 heavy (non-hydrogen) atoms. The van der Waals surface area contributed by atoms with Crippen molar-refractivity contribution in [1.29, 1.82) is 0 Å². The zero-order valence-electron chi connectivity index (χ0n) is 3.43. The van der Waals surface area contributed by atoms with E-state index < -0.39 is 12.9 Å². The lowest BCUT2D eigenvalue weighted by atomic mass is 10.8. The normalized spacial score (nSPS) is 42.0. The molecule has 0 aromatic rings. The van der Waals surface area contributed by atoms with Crippen LogP contribution in [0.3, 0.4) is 0 Å². The number of halogens is 2. The Kier molecular flexibility index (Phi) is 1.21. The van der Waals surface area contributed by atoms with Gasteiger partial charge in [0.2, 0.25) is 6.36 Å². The van der Waals surface area contributed by atoms with Gasteiger partial charge < -0.3 is 4.74 Å². The van der Waals surface area contributed by atoms with E-state index in [2.05, 4.69) is 9.47 Å². The fourth-order valence-electron chi connectivity index (χ4n) is 0.346. The predicted octanol–water partition coefficient (Wildman–Crippen LogP) is 0.582. The van der Waals surface area contributed by atoms with E-state index in [1.165, 1.54) is 0 Å². The van der Waals surface area contributed by atoms with Crippen LogP contribution in [0.15, 0.2) is 0 Å². The average Bonchev–Trinajstić information content (AvgIpc) is 1.87. The number of ether oxygens (including phenoxy) is 2. The van der Waals surface area contributed by atoms with Crippen molar-refractivity contribution in [1.82, 2.24) is 0 Å². The minimum absolute atomic E-state index is 0.291. The van der Waals surface area contributed by atoms with Crippen LogP contribution in [0.2, 0.25) is 0 Å². The van der Waals surface area contributed by atoms with Crippen molar-refractivity contribution in [2.45, 2.75) is 12.9 Å². The Morgan fingerprint density at radius 1 is 1.43 bits per heavy atom. The van der Waals surface area contributed by atoms with E-state index >= 15 is 0 Å². The molecule has 0 aromatic carbocycles. The third-order valence-electron chi connectivity index (χ3n) is 0.613. The summed E-state index contributed by atoms with van der Waals surface area (Å²) in [6.45, 7) is -2.14. The standard InChI is InChI=1S/C3H4F2O2/c4-2-1-6-3(5)7-2/h2-3H,1H2. The highest BCUT2D eigenvalue weighted by atomic mass is 19.2. The van der Waals surface area contributed by atoms with Crippen LogP contribution in [0.4, 0.5) is 8.78 Å². The van der Waals surface area contributed by atoms with Crippen molar-refractivity contribution < 1.29 is 18.3 Å². The molecule has 4 heteroatoms. The summed E-state index contributed by atoms with van der Waals surface area (Å²) < 4.78 is 30.9. The first-order chi connectivity index (χ1) is 3.29. The Hall–Kier alpha value is -0.220. The fourth-order valence-corrected chi connectivity index (χ4v) is 0.346. The van der Waals surface area contributed by atoms with Crippen LogP contribution in [-0.4, -0.2) is 19.5 Å². The molecule has 0 radical (unpaired) electrons. The molecule has 1 rings (SSSR count). The van der Waals surface area contributed by atoms with Gasteiger partial charge in [-0.3, -0.25) is 4.74 Å². The van der Waals surface area contributed by atoms with Gasteiger partial charge in [-0.15, -0.1) is 0 Å². The summed E-state index contributed by atoms with van der Waals surface area (Å²) in [5.41, 5.74) is 0. The number of rotatable bonds is 0. The van der Waals surface area contributed by atoms with Gasteiger partial charge in [0.05, 0.1) is 0 Å². The largest absolute Gasteiger partial charge is 0.321 e. The van der Waals surface area contributed by atoms with E-state index in [9.17, 15) is 8.78 Å². The Balaban J connectivity index is 2.26. The van der Waals surface area contributed by atoms with Gasteiger partial charge in [0.25, 0.3) is 0 Å². The van der Waals surface area contributed by atoms with Gasteiger partial charge in [0.1, 0.15) is 6.61 Å². The van der Waals surface area contributed by atoms with Crippen LogP contribution in [0.1, 0.15) is 0 Å². The van der Waals surface area contributed by atoms with E-state index in [0.29, 0.717) is 0 Å². The molecule has 0 N–H and O–H groups in total. The van der Waals surface area contributed by atoms with E-state index in [-0.39, 0.29) is 6.61 Å². The van der Waals surface area contributed by atoms with E-state index in [0.717, 1.165) is 0 Å². The molecule has 1 aliphatic heterocycles. The van der Waals surface area contributed by atoms with E-state index in [1.807, 2.05) is 0 Å². The quantitative estimate of drug-likeness (QED) is 0.454. The van der Waals surface area contributed by atoms with Crippen molar-refractivity contribution in [3.05, 3.63) is 0 Å². The Labute approximate surface area is 39.0 Å². The molecule has 0 bridgehead atoms. The lowest BCUT2D eigenvalue weighted by Gasteiger charge is -1.91.